The lowest BCUT2D eigenvalue weighted by Crippen LogP contribution is -2.47. The number of benzene rings is 1. The average Bonchev–Trinajstić information content (AvgIpc) is 2.82. The topological polar surface area (TPSA) is 89.8 Å². The van der Waals surface area contributed by atoms with Crippen molar-refractivity contribution in [3.8, 4) is 0 Å². The van der Waals surface area contributed by atoms with Gasteiger partial charge in [0.15, 0.2) is 5.41 Å². The Kier molecular flexibility index (Phi) is 4.44. The SMILES string of the molecule is COC(=O)[C@]1([C@@H](C[N+](=O)[O-])c2ccccc2)CCN(C)C1=O. The van der Waals surface area contributed by atoms with E-state index in [0.717, 1.165) is 0 Å². The number of rotatable bonds is 5. The molecule has 118 valence electrons. The Morgan fingerprint density at radius 1 is 1.45 bits per heavy atom. The van der Waals surface area contributed by atoms with E-state index in [4.69, 9.17) is 4.74 Å². The van der Waals surface area contributed by atoms with Crippen LogP contribution in [0.2, 0.25) is 0 Å². The molecular formula is C15H18N2O5. The second kappa shape index (κ2) is 6.13. The van der Waals surface area contributed by atoms with Crippen molar-refractivity contribution in [2.75, 3.05) is 27.2 Å². The summed E-state index contributed by atoms with van der Waals surface area (Å²) in [5.41, 5.74) is -0.939. The molecule has 2 atom stereocenters. The number of nitro groups is 1. The fraction of sp³-hybridized carbons (Fsp3) is 0.467. The van der Waals surface area contributed by atoms with Gasteiger partial charge < -0.3 is 9.64 Å². The molecule has 1 aliphatic rings. The van der Waals surface area contributed by atoms with Gasteiger partial charge in [-0.1, -0.05) is 30.3 Å². The third-order valence-electron chi connectivity index (χ3n) is 4.25. The van der Waals surface area contributed by atoms with Crippen LogP contribution in [0.4, 0.5) is 0 Å². The van der Waals surface area contributed by atoms with E-state index in [1.807, 2.05) is 0 Å². The molecule has 1 heterocycles. The van der Waals surface area contributed by atoms with Crippen LogP contribution in [0, 0.1) is 15.5 Å². The largest absolute Gasteiger partial charge is 0.468 e. The standard InChI is InChI=1S/C15H18N2O5/c1-16-9-8-15(13(16)18,14(19)22-2)12(10-17(20)21)11-6-4-3-5-7-11/h3-7,12H,8-10H2,1-2H3/t12-,15-/m0/s1. The molecule has 0 aliphatic carbocycles. The van der Waals surface area contributed by atoms with Crippen LogP contribution in [0.1, 0.15) is 17.9 Å². The smallest absolute Gasteiger partial charge is 0.322 e. The summed E-state index contributed by atoms with van der Waals surface area (Å²) in [6, 6.07) is 8.64. The minimum Gasteiger partial charge on any atom is -0.468 e. The number of amides is 1. The fourth-order valence-electron chi connectivity index (χ4n) is 3.11. The molecule has 1 aliphatic heterocycles. The molecule has 0 spiro atoms. The van der Waals surface area contributed by atoms with E-state index in [1.165, 1.54) is 12.0 Å². The van der Waals surface area contributed by atoms with Crippen molar-refractivity contribution in [3.63, 3.8) is 0 Å². The lowest BCUT2D eigenvalue weighted by Gasteiger charge is -2.31. The zero-order valence-electron chi connectivity index (χ0n) is 12.5. The Morgan fingerprint density at radius 3 is 2.55 bits per heavy atom. The molecule has 0 unspecified atom stereocenters. The van der Waals surface area contributed by atoms with Gasteiger partial charge in [-0.3, -0.25) is 19.7 Å². The van der Waals surface area contributed by atoms with Crippen molar-refractivity contribution in [1.29, 1.82) is 0 Å². The Balaban J connectivity index is 2.57. The van der Waals surface area contributed by atoms with Crippen molar-refractivity contribution in [1.82, 2.24) is 4.90 Å². The maximum Gasteiger partial charge on any atom is 0.322 e. The molecule has 1 aromatic rings. The molecule has 0 bridgehead atoms. The third-order valence-corrected chi connectivity index (χ3v) is 4.25. The zero-order valence-corrected chi connectivity index (χ0v) is 12.5. The summed E-state index contributed by atoms with van der Waals surface area (Å²) in [6.07, 6.45) is 0.211. The Labute approximate surface area is 128 Å². The van der Waals surface area contributed by atoms with Crippen molar-refractivity contribution >= 4 is 11.9 Å². The predicted octanol–water partition coefficient (Wildman–Crippen LogP) is 1.07. The van der Waals surface area contributed by atoms with Gasteiger partial charge in [-0.15, -0.1) is 0 Å². The number of likely N-dealkylation sites (tertiary alicyclic amines) is 1. The van der Waals surface area contributed by atoms with Crippen LogP contribution in [-0.4, -0.2) is 48.9 Å². The van der Waals surface area contributed by atoms with Crippen LogP contribution in [0.25, 0.3) is 0 Å². The lowest BCUT2D eigenvalue weighted by atomic mass is 9.70. The first-order valence-electron chi connectivity index (χ1n) is 6.94. The average molecular weight is 306 g/mol. The molecule has 1 aromatic carbocycles. The molecule has 7 heteroatoms. The number of esters is 1. The van der Waals surface area contributed by atoms with Crippen LogP contribution in [0.15, 0.2) is 30.3 Å². The van der Waals surface area contributed by atoms with E-state index < -0.39 is 34.7 Å². The summed E-state index contributed by atoms with van der Waals surface area (Å²) >= 11 is 0. The van der Waals surface area contributed by atoms with Gasteiger partial charge in [-0.05, 0) is 12.0 Å². The van der Waals surface area contributed by atoms with Crippen LogP contribution in [-0.2, 0) is 14.3 Å². The van der Waals surface area contributed by atoms with Gasteiger partial charge in [0.05, 0.1) is 13.0 Å². The molecule has 0 saturated carbocycles. The van der Waals surface area contributed by atoms with Crippen LogP contribution < -0.4 is 0 Å². The van der Waals surface area contributed by atoms with Crippen molar-refractivity contribution in [2.24, 2.45) is 5.41 Å². The van der Waals surface area contributed by atoms with Crippen molar-refractivity contribution in [2.45, 2.75) is 12.3 Å². The molecule has 1 amide bonds. The highest BCUT2D eigenvalue weighted by molar-refractivity contribution is 6.05. The third kappa shape index (κ3) is 2.54. The fourth-order valence-corrected chi connectivity index (χ4v) is 3.11. The van der Waals surface area contributed by atoms with E-state index in [2.05, 4.69) is 0 Å². The minimum atomic E-state index is -1.53. The summed E-state index contributed by atoms with van der Waals surface area (Å²) in [7, 11) is 2.78. The highest BCUT2D eigenvalue weighted by atomic mass is 16.6. The monoisotopic (exact) mass is 306 g/mol. The first-order chi connectivity index (χ1) is 10.4. The summed E-state index contributed by atoms with van der Waals surface area (Å²) < 4.78 is 4.83. The molecule has 7 nitrogen and oxygen atoms in total. The number of carbonyl (C=O) groups excluding carboxylic acids is 2. The Morgan fingerprint density at radius 2 is 2.09 bits per heavy atom. The quantitative estimate of drug-likeness (QED) is 0.351. The van der Waals surface area contributed by atoms with Gasteiger partial charge in [-0.25, -0.2) is 0 Å². The van der Waals surface area contributed by atoms with E-state index >= 15 is 0 Å². The molecular weight excluding hydrogens is 288 g/mol. The number of hydrogen-bond acceptors (Lipinski definition) is 5. The highest BCUT2D eigenvalue weighted by Gasteiger charge is 2.59. The maximum absolute atomic E-state index is 12.6. The van der Waals surface area contributed by atoms with Crippen LogP contribution in [0.5, 0.6) is 0 Å². The second-order valence-corrected chi connectivity index (χ2v) is 5.42. The molecule has 0 aromatic heterocycles. The molecule has 1 fully saturated rings. The molecule has 1 saturated heterocycles. The van der Waals surface area contributed by atoms with E-state index in [0.29, 0.717) is 12.1 Å². The normalized spacial score (nSPS) is 22.5. The first-order valence-corrected chi connectivity index (χ1v) is 6.94. The van der Waals surface area contributed by atoms with Gasteiger partial charge >= 0.3 is 5.97 Å². The van der Waals surface area contributed by atoms with Crippen molar-refractivity contribution < 1.29 is 19.2 Å². The van der Waals surface area contributed by atoms with Crippen molar-refractivity contribution in [3.05, 3.63) is 46.0 Å². The molecule has 2 rings (SSSR count). The molecule has 0 radical (unpaired) electrons. The van der Waals surface area contributed by atoms with Gasteiger partial charge in [-0.2, -0.15) is 0 Å². The number of ether oxygens (including phenoxy) is 1. The van der Waals surface area contributed by atoms with Gasteiger partial charge in [0, 0.05) is 18.5 Å². The second-order valence-electron chi connectivity index (χ2n) is 5.42. The Bertz CT molecular complexity index is 589. The number of hydrogen-bond donors (Lipinski definition) is 0. The highest BCUT2D eigenvalue weighted by Crippen LogP contribution is 2.45. The summed E-state index contributed by atoms with van der Waals surface area (Å²) in [6.45, 7) is -0.131. The van der Waals surface area contributed by atoms with Gasteiger partial charge in [0.2, 0.25) is 12.5 Å². The lowest BCUT2D eigenvalue weighted by molar-refractivity contribution is -0.485. The number of methoxy groups -OCH3 is 1. The summed E-state index contributed by atoms with van der Waals surface area (Å²) in [5, 5.41) is 11.1. The first kappa shape index (κ1) is 15.9. The zero-order chi connectivity index (χ0) is 16.3. The predicted molar refractivity (Wildman–Crippen MR) is 77.7 cm³/mol. The summed E-state index contributed by atoms with van der Waals surface area (Å²) in [4.78, 5) is 37.1. The minimum absolute atomic E-state index is 0.211. The maximum atomic E-state index is 12.6. The van der Waals surface area contributed by atoms with Gasteiger partial charge in [0.25, 0.3) is 0 Å². The van der Waals surface area contributed by atoms with E-state index in [1.54, 1.807) is 37.4 Å². The number of nitrogens with zero attached hydrogens (tertiary/aromatic N) is 2. The molecule has 22 heavy (non-hydrogen) atoms. The Hall–Kier alpha value is -2.44. The van der Waals surface area contributed by atoms with E-state index in [9.17, 15) is 19.7 Å². The molecule has 0 N–H and O–H groups in total. The summed E-state index contributed by atoms with van der Waals surface area (Å²) in [5.74, 6) is -1.98. The number of carbonyl (C=O) groups is 2. The van der Waals surface area contributed by atoms with Crippen LogP contribution >= 0.6 is 0 Å². The van der Waals surface area contributed by atoms with Gasteiger partial charge in [0.1, 0.15) is 0 Å². The van der Waals surface area contributed by atoms with Crippen LogP contribution in [0.3, 0.4) is 0 Å². The van der Waals surface area contributed by atoms with E-state index in [-0.39, 0.29) is 6.42 Å².